The van der Waals surface area contributed by atoms with Crippen LogP contribution in [0.15, 0.2) is 42.5 Å². The molecule has 2 aromatic carbocycles. The SMILES string of the molecule is CCOc1ccc(C(Cc2c(C)cccc2C)NC)cc1. The van der Waals surface area contributed by atoms with Gasteiger partial charge >= 0.3 is 0 Å². The lowest BCUT2D eigenvalue weighted by molar-refractivity contribution is 0.340. The molecule has 0 fully saturated rings. The van der Waals surface area contributed by atoms with Crippen molar-refractivity contribution in [2.24, 2.45) is 0 Å². The zero-order chi connectivity index (χ0) is 15.2. The van der Waals surface area contributed by atoms with Crippen LogP contribution < -0.4 is 10.1 Å². The van der Waals surface area contributed by atoms with Crippen LogP contribution in [0.5, 0.6) is 5.75 Å². The van der Waals surface area contributed by atoms with E-state index in [-0.39, 0.29) is 0 Å². The van der Waals surface area contributed by atoms with E-state index in [4.69, 9.17) is 4.74 Å². The number of aryl methyl sites for hydroxylation is 2. The van der Waals surface area contributed by atoms with Crippen molar-refractivity contribution >= 4 is 0 Å². The van der Waals surface area contributed by atoms with Gasteiger partial charge in [-0.1, -0.05) is 30.3 Å². The van der Waals surface area contributed by atoms with Crippen molar-refractivity contribution in [2.75, 3.05) is 13.7 Å². The molecule has 0 bridgehead atoms. The zero-order valence-electron chi connectivity index (χ0n) is 13.4. The highest BCUT2D eigenvalue weighted by atomic mass is 16.5. The van der Waals surface area contributed by atoms with Gasteiger partial charge in [0.25, 0.3) is 0 Å². The van der Waals surface area contributed by atoms with Crippen LogP contribution in [-0.4, -0.2) is 13.7 Å². The lowest BCUT2D eigenvalue weighted by atomic mass is 9.93. The van der Waals surface area contributed by atoms with Crippen molar-refractivity contribution in [3.05, 3.63) is 64.7 Å². The quantitative estimate of drug-likeness (QED) is 0.857. The number of benzene rings is 2. The van der Waals surface area contributed by atoms with E-state index in [2.05, 4.69) is 49.5 Å². The molecule has 2 heteroatoms. The lowest BCUT2D eigenvalue weighted by Crippen LogP contribution is -2.19. The molecule has 0 heterocycles. The normalized spacial score (nSPS) is 12.2. The Balaban J connectivity index is 2.19. The fraction of sp³-hybridized carbons (Fsp3) is 0.368. The van der Waals surface area contributed by atoms with Crippen molar-refractivity contribution in [1.29, 1.82) is 0 Å². The molecule has 0 radical (unpaired) electrons. The summed E-state index contributed by atoms with van der Waals surface area (Å²) in [6, 6.07) is 15.2. The van der Waals surface area contributed by atoms with Gasteiger partial charge in [-0.15, -0.1) is 0 Å². The van der Waals surface area contributed by atoms with Gasteiger partial charge in [0.15, 0.2) is 0 Å². The van der Waals surface area contributed by atoms with Crippen LogP contribution >= 0.6 is 0 Å². The summed E-state index contributed by atoms with van der Waals surface area (Å²) in [5.74, 6) is 0.933. The summed E-state index contributed by atoms with van der Waals surface area (Å²) in [6.45, 7) is 7.09. The second-order valence-corrected chi connectivity index (χ2v) is 5.42. The van der Waals surface area contributed by atoms with Gasteiger partial charge in [-0.2, -0.15) is 0 Å². The average Bonchev–Trinajstić information content (AvgIpc) is 2.49. The van der Waals surface area contributed by atoms with Crippen LogP contribution in [-0.2, 0) is 6.42 Å². The van der Waals surface area contributed by atoms with E-state index in [1.54, 1.807) is 0 Å². The van der Waals surface area contributed by atoms with E-state index in [1.807, 2.05) is 26.1 Å². The summed E-state index contributed by atoms with van der Waals surface area (Å²) in [5.41, 5.74) is 5.46. The summed E-state index contributed by atoms with van der Waals surface area (Å²) < 4.78 is 5.51. The molecule has 0 amide bonds. The fourth-order valence-electron chi connectivity index (χ4n) is 2.72. The molecule has 0 spiro atoms. The van der Waals surface area contributed by atoms with Crippen LogP contribution in [0.25, 0.3) is 0 Å². The lowest BCUT2D eigenvalue weighted by Gasteiger charge is -2.20. The summed E-state index contributed by atoms with van der Waals surface area (Å²) in [6.07, 6.45) is 1.00. The monoisotopic (exact) mass is 283 g/mol. The van der Waals surface area contributed by atoms with Crippen molar-refractivity contribution in [2.45, 2.75) is 33.2 Å². The highest BCUT2D eigenvalue weighted by molar-refractivity contribution is 5.36. The Labute approximate surface area is 128 Å². The molecule has 1 atom stereocenters. The van der Waals surface area contributed by atoms with Crippen LogP contribution in [0.4, 0.5) is 0 Å². The Morgan fingerprint density at radius 2 is 1.62 bits per heavy atom. The van der Waals surface area contributed by atoms with E-state index in [1.165, 1.54) is 22.3 Å². The minimum atomic E-state index is 0.320. The minimum Gasteiger partial charge on any atom is -0.494 e. The minimum absolute atomic E-state index is 0.320. The maximum absolute atomic E-state index is 5.51. The summed E-state index contributed by atoms with van der Waals surface area (Å²) in [7, 11) is 2.02. The van der Waals surface area contributed by atoms with E-state index in [0.29, 0.717) is 12.6 Å². The van der Waals surface area contributed by atoms with Crippen LogP contribution in [0, 0.1) is 13.8 Å². The standard InChI is InChI=1S/C19H25NO/c1-5-21-17-11-9-16(10-12-17)19(20-4)13-18-14(2)7-6-8-15(18)3/h6-12,19-20H,5,13H2,1-4H3. The highest BCUT2D eigenvalue weighted by Crippen LogP contribution is 2.24. The molecule has 2 aromatic rings. The van der Waals surface area contributed by atoms with E-state index in [0.717, 1.165) is 12.2 Å². The summed E-state index contributed by atoms with van der Waals surface area (Å²) >= 11 is 0. The molecule has 21 heavy (non-hydrogen) atoms. The molecule has 0 saturated carbocycles. The molecule has 112 valence electrons. The predicted octanol–water partition coefficient (Wildman–Crippen LogP) is 4.21. The zero-order valence-corrected chi connectivity index (χ0v) is 13.4. The molecule has 0 aliphatic carbocycles. The maximum Gasteiger partial charge on any atom is 0.119 e. The van der Waals surface area contributed by atoms with Crippen molar-refractivity contribution in [1.82, 2.24) is 5.32 Å². The molecule has 0 aliphatic heterocycles. The van der Waals surface area contributed by atoms with Gasteiger partial charge in [-0.05, 0) is 68.6 Å². The van der Waals surface area contributed by atoms with Gasteiger partial charge in [0.05, 0.1) is 6.61 Å². The summed E-state index contributed by atoms with van der Waals surface area (Å²) in [5, 5.41) is 3.43. The Kier molecular flexibility index (Phi) is 5.40. The number of ether oxygens (including phenoxy) is 1. The fourth-order valence-corrected chi connectivity index (χ4v) is 2.72. The number of hydrogen-bond donors (Lipinski definition) is 1. The first-order valence-electron chi connectivity index (χ1n) is 7.60. The number of likely N-dealkylation sites (N-methyl/N-ethyl adjacent to an activating group) is 1. The van der Waals surface area contributed by atoms with Crippen molar-refractivity contribution in [3.63, 3.8) is 0 Å². The molecule has 2 nitrogen and oxygen atoms in total. The predicted molar refractivity (Wildman–Crippen MR) is 89.0 cm³/mol. The first kappa shape index (κ1) is 15.6. The second kappa shape index (κ2) is 7.28. The third-order valence-electron chi connectivity index (χ3n) is 3.99. The van der Waals surface area contributed by atoms with Gasteiger partial charge < -0.3 is 10.1 Å². The number of nitrogens with one attached hydrogen (secondary N) is 1. The number of rotatable bonds is 6. The first-order chi connectivity index (χ1) is 10.2. The van der Waals surface area contributed by atoms with E-state index < -0.39 is 0 Å². The van der Waals surface area contributed by atoms with Crippen LogP contribution in [0.3, 0.4) is 0 Å². The van der Waals surface area contributed by atoms with E-state index >= 15 is 0 Å². The van der Waals surface area contributed by atoms with E-state index in [9.17, 15) is 0 Å². The Morgan fingerprint density at radius 1 is 1.00 bits per heavy atom. The largest absolute Gasteiger partial charge is 0.494 e. The Bertz CT molecular complexity index is 554. The molecule has 0 saturated heterocycles. The van der Waals surface area contributed by atoms with Gasteiger partial charge in [0.2, 0.25) is 0 Å². The molecular weight excluding hydrogens is 258 g/mol. The van der Waals surface area contributed by atoms with Gasteiger partial charge in [0, 0.05) is 6.04 Å². The molecule has 0 aromatic heterocycles. The third kappa shape index (κ3) is 3.85. The maximum atomic E-state index is 5.51. The number of hydrogen-bond acceptors (Lipinski definition) is 2. The molecule has 1 unspecified atom stereocenters. The first-order valence-corrected chi connectivity index (χ1v) is 7.60. The molecule has 0 aliphatic rings. The Hall–Kier alpha value is -1.80. The van der Waals surface area contributed by atoms with Crippen molar-refractivity contribution < 1.29 is 4.74 Å². The Morgan fingerprint density at radius 3 is 2.14 bits per heavy atom. The molecular formula is C19H25NO. The highest BCUT2D eigenvalue weighted by Gasteiger charge is 2.13. The van der Waals surface area contributed by atoms with Gasteiger partial charge in [-0.3, -0.25) is 0 Å². The molecule has 1 N–H and O–H groups in total. The van der Waals surface area contributed by atoms with Gasteiger partial charge in [0.1, 0.15) is 5.75 Å². The van der Waals surface area contributed by atoms with Crippen LogP contribution in [0.2, 0.25) is 0 Å². The average molecular weight is 283 g/mol. The van der Waals surface area contributed by atoms with Crippen molar-refractivity contribution in [3.8, 4) is 5.75 Å². The summed E-state index contributed by atoms with van der Waals surface area (Å²) in [4.78, 5) is 0. The van der Waals surface area contributed by atoms with Crippen LogP contribution in [0.1, 0.15) is 35.2 Å². The second-order valence-electron chi connectivity index (χ2n) is 5.42. The topological polar surface area (TPSA) is 21.3 Å². The third-order valence-corrected chi connectivity index (χ3v) is 3.99. The van der Waals surface area contributed by atoms with Gasteiger partial charge in [-0.25, -0.2) is 0 Å². The smallest absolute Gasteiger partial charge is 0.119 e. The molecule has 2 rings (SSSR count).